The van der Waals surface area contributed by atoms with Gasteiger partial charge in [-0.15, -0.1) is 0 Å². The highest BCUT2D eigenvalue weighted by Crippen LogP contribution is 2.28. The maximum atomic E-state index is 12.0. The number of amides is 8. The molecule has 0 unspecified atom stereocenters. The van der Waals surface area contributed by atoms with Crippen LogP contribution in [0.5, 0.6) is 0 Å². The van der Waals surface area contributed by atoms with Crippen molar-refractivity contribution < 1.29 is 96.7 Å². The molecule has 0 rings (SSSR count). The van der Waals surface area contributed by atoms with Crippen LogP contribution in [0.15, 0.2) is 38.0 Å². The van der Waals surface area contributed by atoms with E-state index in [0.29, 0.717) is 110 Å². The third-order valence-electron chi connectivity index (χ3n) is 16.5. The lowest BCUT2D eigenvalue weighted by Crippen LogP contribution is -2.55. The number of nitriles is 2. The molecule has 0 aromatic rings. The van der Waals surface area contributed by atoms with Gasteiger partial charge in [0, 0.05) is 127 Å². The highest BCUT2D eigenvalue weighted by Gasteiger charge is 2.46. The van der Waals surface area contributed by atoms with E-state index >= 15 is 0 Å². The molecule has 0 atom stereocenters. The normalized spacial score (nSPS) is 11.3. The Labute approximate surface area is 858 Å². The van der Waals surface area contributed by atoms with Gasteiger partial charge in [0.1, 0.15) is 26.4 Å². The minimum atomic E-state index is -3.31. The lowest BCUT2D eigenvalue weighted by molar-refractivity contribution is -0.130. The van der Waals surface area contributed by atoms with Crippen molar-refractivity contribution in [2.75, 3.05) is 140 Å². The monoisotopic (exact) mass is 2200 g/mol. The standard InChI is InChI=1S/C24H49N3O5SSi2.C22H47N3O7SSi3.C12H22N2O3S.C12H27NO2Si2.C10H25NO4Si3.2C3H10Si.4CH4/c1-8-10-20-34(4,5)32-35(6,7)21-11-13-26-24(30)31-17-16-27(22(3)28)15-12-18-33-19-14-25-23(29)9-2;1-9-21(27)23-13-18-33-17-11-14-25(20(2)26)15-16-30-22(28)24-12-10-19-36(29,31-34(3,4)5)32-35(6,7)8;1-3-12(17)13-5-10-18-9-4-6-14(7-8-15)11(2)16;1-6-7-10-16(2,3)15-17(4,5)11-8-9-14-12-13;1-16(2,3)14-18(12,15-17(4,5)6)9-7-8-13-10-11;2*1-4(2)3;;;;/h9H,2,8,10-21H2,1,3-7H3,(H,25,29)(H,26,30);9,29H,1,10-19H2,2-8H3,(H,23,27)(H,24,28);3,15H,1,4-10H2,2H3,(H,13,17);6-11H2,1-5H3;12H,7-9H2,1-6H3;2*4H,1-3H3;4*1H4. The van der Waals surface area contributed by atoms with Gasteiger partial charge < -0.3 is 99.6 Å². The summed E-state index contributed by atoms with van der Waals surface area (Å²) >= 11 is 5.14. The zero-order valence-corrected chi connectivity index (χ0v) is 103. The van der Waals surface area contributed by atoms with Crippen LogP contribution in [0.4, 0.5) is 9.59 Å². The second kappa shape index (κ2) is 90.2. The summed E-state index contributed by atoms with van der Waals surface area (Å²) in [7, 11) is -20.8. The Morgan fingerprint density at radius 2 is 0.596 bits per heavy atom. The summed E-state index contributed by atoms with van der Waals surface area (Å²) in [5.74, 6) is 4.51. The van der Waals surface area contributed by atoms with E-state index in [0.717, 1.165) is 78.7 Å². The minimum Gasteiger partial charge on any atom is -0.455 e. The first kappa shape index (κ1) is 155. The van der Waals surface area contributed by atoms with Crippen LogP contribution in [0.1, 0.15) is 135 Å². The molecular weight excluding hydrogens is 1990 g/mol. The number of aliphatic hydroxyl groups excluding tert-OH is 1. The van der Waals surface area contributed by atoms with Gasteiger partial charge in [-0.1, -0.05) is 128 Å². The average Bonchev–Trinajstić information content (AvgIpc) is 0.838. The van der Waals surface area contributed by atoms with E-state index in [1.807, 2.05) is 78.6 Å². The van der Waals surface area contributed by atoms with Crippen LogP contribution in [-0.2, 0) is 72.4 Å². The number of ether oxygens (including phenoxy) is 4. The number of unbranched alkanes of at least 4 members (excludes halogenated alkanes) is 2. The number of carbonyl (C=O) groups excluding carboxylic acids is 8. The zero-order chi connectivity index (χ0) is 103. The van der Waals surface area contributed by atoms with Crippen LogP contribution < -0.4 is 26.6 Å². The van der Waals surface area contributed by atoms with Crippen LogP contribution in [-0.4, -0.2) is 318 Å². The van der Waals surface area contributed by atoms with Crippen molar-refractivity contribution in [2.24, 2.45) is 0 Å². The number of carbonyl (C=O) groups is 8. The number of nitrogens with one attached hydrogen (secondary N) is 5. The number of thioether (sulfide) groups is 3. The molecule has 0 radical (unpaired) electrons. The summed E-state index contributed by atoms with van der Waals surface area (Å²) in [6.07, 6.45) is 16.5. The summed E-state index contributed by atoms with van der Waals surface area (Å²) in [6, 6.07) is 5.37. The maximum Gasteiger partial charge on any atom is 0.477 e. The molecule has 0 bridgehead atoms. The van der Waals surface area contributed by atoms with Crippen molar-refractivity contribution in [3.8, 4) is 12.5 Å². The second-order valence-electron chi connectivity index (χ2n) is 39.2. The van der Waals surface area contributed by atoms with Crippen LogP contribution in [0.3, 0.4) is 0 Å². The topological polar surface area (TPSA) is 407 Å². The predicted molar refractivity (Wildman–Crippen MR) is 610 cm³/mol. The molecule has 8 N–H and O–H groups in total. The number of nitrogens with zero attached hydrogens (tertiary/aromatic N) is 5. The van der Waals surface area contributed by atoms with Gasteiger partial charge in [-0.25, -0.2) is 9.59 Å². The Morgan fingerprint density at radius 3 is 0.838 bits per heavy atom. The molecular formula is C90H206N10O21S3Si12. The molecule has 0 aliphatic heterocycles. The Kier molecular flexibility index (Phi) is 103. The molecule has 0 aromatic carbocycles. The average molecular weight is 2200 g/mol. The fourth-order valence-electron chi connectivity index (χ4n) is 11.6. The summed E-state index contributed by atoms with van der Waals surface area (Å²) in [5, 5.41) is 39.0. The quantitative estimate of drug-likeness (QED) is 0.0121. The highest BCUT2D eigenvalue weighted by atomic mass is 32.2. The molecule has 136 heavy (non-hydrogen) atoms. The smallest absolute Gasteiger partial charge is 0.455 e. The SMILES string of the molecule is C.C.C.C.C=CC(=O)NCCSCCCN(CCO)C(C)=O.C=CC(=O)NCCSCCCN(CCOC(=O)NCCC[Si](C)(C)O[Si](C)(C)CCCC)C(C)=O.C=CC(=O)NCCSCCCN(CCOC(=O)NCCC[Si](O)(O[Si](C)(C)C)O[Si](C)(C)C)C(C)=O.CCCC[Si](C)(C)O[Si](C)(C)CCCOC#N.C[SiH](C)C.C[SiH](C)C.C[Si](C)(C)O[Si](O)(CCCOC#N)O[Si](C)(C)C. The summed E-state index contributed by atoms with van der Waals surface area (Å²) in [6.45, 7) is 82.4. The number of aliphatic hydroxyl groups is 1. The first-order chi connectivity index (χ1) is 60.9. The Hall–Kier alpha value is -3.55. The van der Waals surface area contributed by atoms with Gasteiger partial charge in [0.15, 0.2) is 66.5 Å². The predicted octanol–water partition coefficient (Wildman–Crippen LogP) is 19.2. The van der Waals surface area contributed by atoms with Crippen molar-refractivity contribution in [3.63, 3.8) is 0 Å². The van der Waals surface area contributed by atoms with Crippen LogP contribution in [0.2, 0.25) is 206 Å². The molecule has 0 aromatic heterocycles. The van der Waals surface area contributed by atoms with Crippen molar-refractivity contribution in [3.05, 3.63) is 38.0 Å². The molecule has 0 aliphatic carbocycles. The Balaban J connectivity index is -0.000000160. The summed E-state index contributed by atoms with van der Waals surface area (Å²) in [5.41, 5.74) is 0. The van der Waals surface area contributed by atoms with E-state index in [2.05, 4.69) is 157 Å². The van der Waals surface area contributed by atoms with E-state index in [1.165, 1.54) is 76.8 Å². The van der Waals surface area contributed by atoms with Crippen molar-refractivity contribution in [1.82, 2.24) is 41.3 Å². The first-order valence-electron chi connectivity index (χ1n) is 47.2. The second-order valence-corrected chi connectivity index (χ2v) is 91.6. The van der Waals surface area contributed by atoms with Gasteiger partial charge in [-0.05, 0) is 236 Å². The van der Waals surface area contributed by atoms with Crippen molar-refractivity contribution in [2.45, 2.75) is 341 Å². The number of hydrogen-bond donors (Lipinski definition) is 8. The third kappa shape index (κ3) is 119. The molecule has 0 aliphatic rings. The largest absolute Gasteiger partial charge is 0.477 e. The highest BCUT2D eigenvalue weighted by molar-refractivity contribution is 7.99. The molecule has 8 amide bonds. The van der Waals surface area contributed by atoms with Crippen LogP contribution >= 0.6 is 35.3 Å². The zero-order valence-electron chi connectivity index (χ0n) is 88.2. The number of rotatable bonds is 66. The first-order valence-corrected chi connectivity index (χ1v) is 87.6. The number of alkyl carbamates (subject to hydrolysis) is 2. The van der Waals surface area contributed by atoms with Gasteiger partial charge in [0.2, 0.25) is 35.4 Å². The molecule has 31 nitrogen and oxygen atoms in total. The van der Waals surface area contributed by atoms with Gasteiger partial charge in [-0.3, -0.25) is 28.8 Å². The van der Waals surface area contributed by atoms with E-state index in [4.69, 9.17) is 54.5 Å². The Morgan fingerprint density at radius 1 is 0.353 bits per heavy atom. The van der Waals surface area contributed by atoms with Gasteiger partial charge in [0.25, 0.3) is 12.5 Å². The molecule has 0 spiro atoms. The van der Waals surface area contributed by atoms with Gasteiger partial charge in [-0.2, -0.15) is 45.8 Å². The third-order valence-corrected chi connectivity index (χ3v) is 51.7. The van der Waals surface area contributed by atoms with Gasteiger partial charge in [0.05, 0.1) is 19.7 Å². The molecule has 46 heteroatoms. The fraction of sp³-hybridized carbons (Fsp3) is 0.822. The Bertz CT molecular complexity index is 3120. The molecule has 0 saturated carbocycles. The van der Waals surface area contributed by atoms with Gasteiger partial charge >= 0.3 is 29.8 Å². The van der Waals surface area contributed by atoms with Crippen molar-refractivity contribution >= 4 is 185 Å². The molecule has 0 heterocycles. The lowest BCUT2D eigenvalue weighted by atomic mass is 10.4. The lowest BCUT2D eigenvalue weighted by Gasteiger charge is -2.36. The molecule has 0 fully saturated rings. The van der Waals surface area contributed by atoms with Crippen molar-refractivity contribution in [1.29, 1.82) is 10.5 Å². The van der Waals surface area contributed by atoms with E-state index < -0.39 is 96.3 Å². The summed E-state index contributed by atoms with van der Waals surface area (Å²) in [4.78, 5) is 119. The number of hydrogen-bond acceptors (Lipinski definition) is 26. The van der Waals surface area contributed by atoms with E-state index in [1.54, 1.807) is 62.5 Å². The van der Waals surface area contributed by atoms with Crippen LogP contribution in [0, 0.1) is 23.0 Å². The molecule has 0 saturated heterocycles. The molecule has 808 valence electrons. The fourth-order valence-corrected chi connectivity index (χ4v) is 51.3. The van der Waals surface area contributed by atoms with E-state index in [-0.39, 0.29) is 103 Å². The summed E-state index contributed by atoms with van der Waals surface area (Å²) < 4.78 is 56.7. The van der Waals surface area contributed by atoms with E-state index in [9.17, 15) is 47.9 Å². The minimum absolute atomic E-state index is 0. The maximum absolute atomic E-state index is 12.0. The van der Waals surface area contributed by atoms with Crippen LogP contribution in [0.25, 0.3) is 0 Å².